The van der Waals surface area contributed by atoms with Crippen molar-refractivity contribution in [2.45, 2.75) is 26.8 Å². The number of carbonyl (C=O) groups excluding carboxylic acids is 1. The molecule has 0 saturated carbocycles. The van der Waals surface area contributed by atoms with Crippen LogP contribution in [0.25, 0.3) is 0 Å². The molecule has 0 aliphatic rings. The van der Waals surface area contributed by atoms with Crippen LogP contribution < -0.4 is 10.6 Å². The van der Waals surface area contributed by atoms with Gasteiger partial charge in [-0.3, -0.25) is 4.79 Å². The van der Waals surface area contributed by atoms with Crippen LogP contribution in [0, 0.1) is 0 Å². The first-order chi connectivity index (χ1) is 9.63. The Hall–Kier alpha value is -2.37. The van der Waals surface area contributed by atoms with Crippen molar-refractivity contribution in [3.05, 3.63) is 36.2 Å². The van der Waals surface area contributed by atoms with Gasteiger partial charge in [-0.1, -0.05) is 0 Å². The summed E-state index contributed by atoms with van der Waals surface area (Å²) in [5.41, 5.74) is 0.519. The minimum atomic E-state index is -0.198. The predicted molar refractivity (Wildman–Crippen MR) is 79.0 cm³/mol. The number of carbonyl (C=O) groups is 1. The zero-order chi connectivity index (χ0) is 14.5. The lowest BCUT2D eigenvalue weighted by molar-refractivity contribution is 0.102. The quantitative estimate of drug-likeness (QED) is 0.878. The highest BCUT2D eigenvalue weighted by molar-refractivity contribution is 6.07. The molecule has 0 saturated heterocycles. The summed E-state index contributed by atoms with van der Waals surface area (Å²) >= 11 is 0. The van der Waals surface area contributed by atoms with Crippen molar-refractivity contribution in [3.8, 4) is 0 Å². The van der Waals surface area contributed by atoms with Gasteiger partial charge in [0.1, 0.15) is 11.6 Å². The second kappa shape index (κ2) is 6.18. The van der Waals surface area contributed by atoms with Gasteiger partial charge in [-0.05, 0) is 32.9 Å². The summed E-state index contributed by atoms with van der Waals surface area (Å²) in [4.78, 5) is 16.5. The van der Waals surface area contributed by atoms with Crippen molar-refractivity contribution in [1.29, 1.82) is 0 Å². The molecule has 0 aromatic carbocycles. The fourth-order valence-electron chi connectivity index (χ4n) is 1.91. The number of amides is 1. The van der Waals surface area contributed by atoms with E-state index in [1.54, 1.807) is 35.3 Å². The smallest absolute Gasteiger partial charge is 0.260 e. The van der Waals surface area contributed by atoms with Gasteiger partial charge >= 0.3 is 0 Å². The molecule has 6 heteroatoms. The van der Waals surface area contributed by atoms with E-state index in [1.165, 1.54) is 0 Å². The third-order valence-corrected chi connectivity index (χ3v) is 2.80. The molecule has 0 spiro atoms. The number of aromatic nitrogens is 3. The fourth-order valence-corrected chi connectivity index (χ4v) is 1.91. The van der Waals surface area contributed by atoms with Crippen molar-refractivity contribution in [1.82, 2.24) is 14.8 Å². The molecule has 0 radical (unpaired) electrons. The third kappa shape index (κ3) is 2.96. The topological polar surface area (TPSA) is 71.8 Å². The van der Waals surface area contributed by atoms with E-state index in [-0.39, 0.29) is 11.9 Å². The van der Waals surface area contributed by atoms with Crippen molar-refractivity contribution < 1.29 is 4.79 Å². The van der Waals surface area contributed by atoms with Gasteiger partial charge in [0.25, 0.3) is 5.91 Å². The third-order valence-electron chi connectivity index (χ3n) is 2.80. The molecule has 0 bridgehead atoms. The molecular formula is C14H19N5O. The van der Waals surface area contributed by atoms with Crippen LogP contribution in [0.5, 0.6) is 0 Å². The molecule has 0 unspecified atom stereocenters. The molecular weight excluding hydrogens is 254 g/mol. The van der Waals surface area contributed by atoms with E-state index in [2.05, 4.69) is 20.7 Å². The molecule has 2 N–H and O–H groups in total. The Morgan fingerprint density at radius 2 is 2.15 bits per heavy atom. The Labute approximate surface area is 118 Å². The molecule has 1 amide bonds. The minimum Gasteiger partial charge on any atom is -0.370 e. The number of nitrogens with one attached hydrogen (secondary N) is 2. The number of rotatable bonds is 5. The van der Waals surface area contributed by atoms with Crippen LogP contribution in [0.2, 0.25) is 0 Å². The number of anilines is 2. The lowest BCUT2D eigenvalue weighted by Gasteiger charge is -2.13. The average Bonchev–Trinajstić information content (AvgIpc) is 2.88. The highest BCUT2D eigenvalue weighted by Crippen LogP contribution is 2.17. The van der Waals surface area contributed by atoms with E-state index >= 15 is 0 Å². The normalized spacial score (nSPS) is 10.6. The molecule has 0 atom stereocenters. The highest BCUT2D eigenvalue weighted by atomic mass is 16.1. The van der Waals surface area contributed by atoms with Crippen LogP contribution in [-0.4, -0.2) is 27.2 Å². The second-order valence-corrected chi connectivity index (χ2v) is 4.64. The Morgan fingerprint density at radius 3 is 2.85 bits per heavy atom. The SMILES string of the molecule is CCNc1ncccc1C(=O)Nc1ccnn1C(C)C. The summed E-state index contributed by atoms with van der Waals surface area (Å²) in [6.45, 7) is 6.69. The summed E-state index contributed by atoms with van der Waals surface area (Å²) in [5, 5.41) is 10.1. The van der Waals surface area contributed by atoms with Crippen LogP contribution in [0.1, 0.15) is 37.2 Å². The Kier molecular flexibility index (Phi) is 4.34. The monoisotopic (exact) mass is 273 g/mol. The number of pyridine rings is 1. The average molecular weight is 273 g/mol. The molecule has 2 heterocycles. The summed E-state index contributed by atoms with van der Waals surface area (Å²) < 4.78 is 1.77. The Bertz CT molecular complexity index is 591. The van der Waals surface area contributed by atoms with Crippen molar-refractivity contribution >= 4 is 17.5 Å². The van der Waals surface area contributed by atoms with Crippen LogP contribution in [0.15, 0.2) is 30.6 Å². The first-order valence-corrected chi connectivity index (χ1v) is 6.67. The second-order valence-electron chi connectivity index (χ2n) is 4.64. The number of nitrogens with zero attached hydrogens (tertiary/aromatic N) is 3. The fraction of sp³-hybridized carbons (Fsp3) is 0.357. The van der Waals surface area contributed by atoms with Gasteiger partial charge in [0, 0.05) is 24.8 Å². The molecule has 6 nitrogen and oxygen atoms in total. The molecule has 2 rings (SSSR count). The summed E-state index contributed by atoms with van der Waals surface area (Å²) in [5.74, 6) is 1.07. The van der Waals surface area contributed by atoms with Crippen molar-refractivity contribution in [2.75, 3.05) is 17.2 Å². The van der Waals surface area contributed by atoms with Gasteiger partial charge in [-0.15, -0.1) is 0 Å². The van der Waals surface area contributed by atoms with Crippen LogP contribution in [0.3, 0.4) is 0 Å². The number of hydrogen-bond acceptors (Lipinski definition) is 4. The van der Waals surface area contributed by atoms with Crippen LogP contribution >= 0.6 is 0 Å². The summed E-state index contributed by atoms with van der Waals surface area (Å²) in [6, 6.07) is 5.45. The predicted octanol–water partition coefficient (Wildman–Crippen LogP) is 2.54. The van der Waals surface area contributed by atoms with Crippen LogP contribution in [-0.2, 0) is 0 Å². The highest BCUT2D eigenvalue weighted by Gasteiger charge is 2.14. The molecule has 0 aliphatic heterocycles. The molecule has 2 aromatic rings. The van der Waals surface area contributed by atoms with Gasteiger partial charge in [-0.25, -0.2) is 9.67 Å². The summed E-state index contributed by atoms with van der Waals surface area (Å²) in [6.07, 6.45) is 3.33. The van der Waals surface area contributed by atoms with Crippen molar-refractivity contribution in [2.24, 2.45) is 0 Å². The van der Waals surface area contributed by atoms with E-state index in [4.69, 9.17) is 0 Å². The lowest BCUT2D eigenvalue weighted by atomic mass is 10.2. The zero-order valence-corrected chi connectivity index (χ0v) is 11.9. The molecule has 0 fully saturated rings. The Morgan fingerprint density at radius 1 is 1.35 bits per heavy atom. The Balaban J connectivity index is 2.22. The largest absolute Gasteiger partial charge is 0.370 e. The maximum absolute atomic E-state index is 12.4. The van der Waals surface area contributed by atoms with Gasteiger partial charge in [0.05, 0.1) is 11.8 Å². The van der Waals surface area contributed by atoms with Gasteiger partial charge in [-0.2, -0.15) is 5.10 Å². The minimum absolute atomic E-state index is 0.183. The first-order valence-electron chi connectivity index (χ1n) is 6.67. The van der Waals surface area contributed by atoms with E-state index in [9.17, 15) is 4.79 Å². The van der Waals surface area contributed by atoms with E-state index in [0.29, 0.717) is 23.7 Å². The maximum atomic E-state index is 12.4. The van der Waals surface area contributed by atoms with Gasteiger partial charge < -0.3 is 10.6 Å². The van der Waals surface area contributed by atoms with Gasteiger partial charge in [0.2, 0.25) is 0 Å². The molecule has 2 aromatic heterocycles. The number of hydrogen-bond donors (Lipinski definition) is 2. The standard InChI is InChI=1S/C14H19N5O/c1-4-15-13-11(6-5-8-16-13)14(20)18-12-7-9-17-19(12)10(2)3/h5-10H,4H2,1-3H3,(H,15,16)(H,18,20). The van der Waals surface area contributed by atoms with Crippen LogP contribution in [0.4, 0.5) is 11.6 Å². The zero-order valence-electron chi connectivity index (χ0n) is 11.9. The molecule has 20 heavy (non-hydrogen) atoms. The maximum Gasteiger partial charge on any atom is 0.260 e. The van der Waals surface area contributed by atoms with E-state index in [0.717, 1.165) is 0 Å². The summed E-state index contributed by atoms with van der Waals surface area (Å²) in [7, 11) is 0. The van der Waals surface area contributed by atoms with E-state index < -0.39 is 0 Å². The molecule has 0 aliphatic carbocycles. The lowest BCUT2D eigenvalue weighted by Crippen LogP contribution is -2.18. The van der Waals surface area contributed by atoms with Crippen molar-refractivity contribution in [3.63, 3.8) is 0 Å². The van der Waals surface area contributed by atoms with Gasteiger partial charge in [0.15, 0.2) is 0 Å². The van der Waals surface area contributed by atoms with E-state index in [1.807, 2.05) is 20.8 Å². The first kappa shape index (κ1) is 14.0. The molecule has 106 valence electrons.